The van der Waals surface area contributed by atoms with E-state index in [0.29, 0.717) is 11.9 Å². The summed E-state index contributed by atoms with van der Waals surface area (Å²) in [6, 6.07) is 0.473. The van der Waals surface area contributed by atoms with Crippen LogP contribution in [0.4, 0.5) is 6.01 Å². The number of nitrogens with one attached hydrogen (secondary N) is 1. The molecule has 5 heteroatoms. The molecule has 0 radical (unpaired) electrons. The molecule has 1 heterocycles. The predicted molar refractivity (Wildman–Crippen MR) is 59.4 cm³/mol. The molecule has 1 aromatic heterocycles. The SMILES string of the molecule is CCC(CC)(CC)Nc1nnc(CN)o1. The maximum atomic E-state index is 5.40. The van der Waals surface area contributed by atoms with E-state index >= 15 is 0 Å². The molecule has 1 rings (SSSR count). The van der Waals surface area contributed by atoms with Crippen molar-refractivity contribution in [1.29, 1.82) is 0 Å². The number of aromatic nitrogens is 2. The van der Waals surface area contributed by atoms with Gasteiger partial charge in [-0.3, -0.25) is 0 Å². The Morgan fingerprint density at radius 3 is 2.20 bits per heavy atom. The van der Waals surface area contributed by atoms with Gasteiger partial charge in [-0.25, -0.2) is 0 Å². The summed E-state index contributed by atoms with van der Waals surface area (Å²) in [6.07, 6.45) is 3.08. The van der Waals surface area contributed by atoms with Crippen LogP contribution in [-0.4, -0.2) is 15.7 Å². The first-order chi connectivity index (χ1) is 7.19. The van der Waals surface area contributed by atoms with Crippen LogP contribution in [0.3, 0.4) is 0 Å². The maximum Gasteiger partial charge on any atom is 0.315 e. The topological polar surface area (TPSA) is 77.0 Å². The Morgan fingerprint density at radius 2 is 1.80 bits per heavy atom. The smallest absolute Gasteiger partial charge is 0.315 e. The summed E-state index contributed by atoms with van der Waals surface area (Å²) in [6.45, 7) is 6.74. The molecule has 0 saturated heterocycles. The van der Waals surface area contributed by atoms with E-state index in [0.717, 1.165) is 19.3 Å². The molecule has 15 heavy (non-hydrogen) atoms. The summed E-state index contributed by atoms with van der Waals surface area (Å²) < 4.78 is 5.34. The zero-order valence-corrected chi connectivity index (χ0v) is 9.71. The van der Waals surface area contributed by atoms with E-state index in [2.05, 4.69) is 36.3 Å². The van der Waals surface area contributed by atoms with Crippen molar-refractivity contribution < 1.29 is 4.42 Å². The van der Waals surface area contributed by atoms with Crippen molar-refractivity contribution in [2.75, 3.05) is 5.32 Å². The fourth-order valence-electron chi connectivity index (χ4n) is 1.63. The second-order valence-corrected chi connectivity index (χ2v) is 3.67. The molecule has 0 spiro atoms. The first kappa shape index (κ1) is 12.0. The lowest BCUT2D eigenvalue weighted by molar-refractivity contribution is 0.397. The highest BCUT2D eigenvalue weighted by atomic mass is 16.4. The molecule has 0 aliphatic rings. The fourth-order valence-corrected chi connectivity index (χ4v) is 1.63. The Balaban J connectivity index is 2.73. The average Bonchev–Trinajstić information content (AvgIpc) is 2.73. The Kier molecular flexibility index (Phi) is 4.08. The Bertz CT molecular complexity index is 285. The van der Waals surface area contributed by atoms with E-state index < -0.39 is 0 Å². The molecule has 0 aliphatic carbocycles. The Labute approximate surface area is 90.4 Å². The average molecular weight is 212 g/mol. The zero-order chi connectivity index (χ0) is 11.3. The third kappa shape index (κ3) is 2.68. The number of nitrogens with zero attached hydrogens (tertiary/aromatic N) is 2. The van der Waals surface area contributed by atoms with Crippen LogP contribution < -0.4 is 11.1 Å². The summed E-state index contributed by atoms with van der Waals surface area (Å²) in [5, 5.41) is 11.0. The van der Waals surface area contributed by atoms with Crippen LogP contribution in [0.1, 0.15) is 45.9 Å². The molecule has 0 saturated carbocycles. The van der Waals surface area contributed by atoms with E-state index in [4.69, 9.17) is 10.2 Å². The highest BCUT2D eigenvalue weighted by molar-refractivity contribution is 5.23. The summed E-state index contributed by atoms with van der Waals surface area (Å²) in [4.78, 5) is 0. The number of anilines is 1. The molecule has 0 bridgehead atoms. The molecule has 0 aliphatic heterocycles. The monoisotopic (exact) mass is 212 g/mol. The summed E-state index contributed by atoms with van der Waals surface area (Å²) in [5.74, 6) is 0.467. The molecule has 0 aromatic carbocycles. The van der Waals surface area contributed by atoms with Crippen molar-refractivity contribution in [3.63, 3.8) is 0 Å². The largest absolute Gasteiger partial charge is 0.407 e. The second kappa shape index (κ2) is 5.11. The van der Waals surface area contributed by atoms with Gasteiger partial charge in [-0.15, -0.1) is 5.10 Å². The minimum absolute atomic E-state index is 0.0540. The lowest BCUT2D eigenvalue weighted by Gasteiger charge is -2.30. The van der Waals surface area contributed by atoms with Crippen molar-refractivity contribution >= 4 is 6.01 Å². The number of rotatable bonds is 6. The van der Waals surface area contributed by atoms with Gasteiger partial charge < -0.3 is 15.5 Å². The van der Waals surface area contributed by atoms with Crippen molar-refractivity contribution in [2.24, 2.45) is 5.73 Å². The van der Waals surface area contributed by atoms with Crippen LogP contribution in [0.15, 0.2) is 4.42 Å². The molecular weight excluding hydrogens is 192 g/mol. The van der Waals surface area contributed by atoms with E-state index in [1.807, 2.05) is 0 Å². The molecule has 0 fully saturated rings. The first-order valence-electron chi connectivity index (χ1n) is 5.50. The normalized spacial score (nSPS) is 11.7. The van der Waals surface area contributed by atoms with Crippen LogP contribution >= 0.6 is 0 Å². The third-order valence-corrected chi connectivity index (χ3v) is 3.04. The quantitative estimate of drug-likeness (QED) is 0.753. The van der Waals surface area contributed by atoms with E-state index in [1.165, 1.54) is 0 Å². The minimum atomic E-state index is 0.0540. The van der Waals surface area contributed by atoms with Gasteiger partial charge in [-0.2, -0.15) is 0 Å². The molecule has 5 nitrogen and oxygen atoms in total. The third-order valence-electron chi connectivity index (χ3n) is 3.04. The highest BCUT2D eigenvalue weighted by Gasteiger charge is 2.25. The van der Waals surface area contributed by atoms with Crippen LogP contribution in [0.25, 0.3) is 0 Å². The molecule has 3 N–H and O–H groups in total. The van der Waals surface area contributed by atoms with Crippen LogP contribution in [0, 0.1) is 0 Å². The van der Waals surface area contributed by atoms with Crippen LogP contribution in [0.2, 0.25) is 0 Å². The number of hydrogen-bond acceptors (Lipinski definition) is 5. The summed E-state index contributed by atoms with van der Waals surface area (Å²) >= 11 is 0. The minimum Gasteiger partial charge on any atom is -0.407 e. The van der Waals surface area contributed by atoms with E-state index in [1.54, 1.807) is 0 Å². The number of nitrogens with two attached hydrogens (primary N) is 1. The molecule has 1 aromatic rings. The van der Waals surface area contributed by atoms with Gasteiger partial charge >= 0.3 is 6.01 Å². The van der Waals surface area contributed by atoms with Gasteiger partial charge in [0.15, 0.2) is 0 Å². The van der Waals surface area contributed by atoms with Gasteiger partial charge in [-0.05, 0) is 19.3 Å². The maximum absolute atomic E-state index is 5.40. The lowest BCUT2D eigenvalue weighted by atomic mass is 9.90. The van der Waals surface area contributed by atoms with Crippen molar-refractivity contribution in [3.8, 4) is 0 Å². The zero-order valence-electron chi connectivity index (χ0n) is 9.71. The number of hydrogen-bond donors (Lipinski definition) is 2. The first-order valence-corrected chi connectivity index (χ1v) is 5.50. The fraction of sp³-hybridized carbons (Fsp3) is 0.800. The van der Waals surface area contributed by atoms with Crippen molar-refractivity contribution in [2.45, 2.75) is 52.1 Å². The van der Waals surface area contributed by atoms with Gasteiger partial charge in [0.25, 0.3) is 0 Å². The molecular formula is C10H20N4O. The van der Waals surface area contributed by atoms with Gasteiger partial charge in [0, 0.05) is 5.54 Å². The Morgan fingerprint density at radius 1 is 1.20 bits per heavy atom. The Hall–Kier alpha value is -1.10. The van der Waals surface area contributed by atoms with Crippen molar-refractivity contribution in [1.82, 2.24) is 10.2 Å². The summed E-state index contributed by atoms with van der Waals surface area (Å²) in [5.41, 5.74) is 5.45. The van der Waals surface area contributed by atoms with Gasteiger partial charge in [-0.1, -0.05) is 25.9 Å². The summed E-state index contributed by atoms with van der Waals surface area (Å²) in [7, 11) is 0. The van der Waals surface area contributed by atoms with Gasteiger partial charge in [0.1, 0.15) is 0 Å². The standard InChI is InChI=1S/C10H20N4O/c1-4-10(5-2,6-3)12-9-14-13-8(7-11)15-9/h4-7,11H2,1-3H3,(H,12,14). The van der Waals surface area contributed by atoms with Gasteiger partial charge in [0.05, 0.1) is 6.54 Å². The molecule has 0 amide bonds. The van der Waals surface area contributed by atoms with E-state index in [9.17, 15) is 0 Å². The lowest BCUT2D eigenvalue weighted by Crippen LogP contribution is -2.36. The van der Waals surface area contributed by atoms with E-state index in [-0.39, 0.29) is 12.1 Å². The van der Waals surface area contributed by atoms with Crippen molar-refractivity contribution in [3.05, 3.63) is 5.89 Å². The van der Waals surface area contributed by atoms with Gasteiger partial charge in [0.2, 0.25) is 5.89 Å². The van der Waals surface area contributed by atoms with Crippen LogP contribution in [0.5, 0.6) is 0 Å². The molecule has 0 unspecified atom stereocenters. The van der Waals surface area contributed by atoms with Crippen LogP contribution in [-0.2, 0) is 6.54 Å². The predicted octanol–water partition coefficient (Wildman–Crippen LogP) is 1.91. The molecule has 86 valence electrons. The second-order valence-electron chi connectivity index (χ2n) is 3.67. The molecule has 0 atom stereocenters. The highest BCUT2D eigenvalue weighted by Crippen LogP contribution is 2.24.